The van der Waals surface area contributed by atoms with Crippen molar-refractivity contribution in [1.29, 1.82) is 0 Å². The number of esters is 3. The summed E-state index contributed by atoms with van der Waals surface area (Å²) < 4.78 is 14.5. The number of hydrogen-bond donors (Lipinski definition) is 2. The van der Waals surface area contributed by atoms with E-state index in [1.807, 2.05) is 9.80 Å². The molecule has 0 amide bonds. The minimum atomic E-state index is -0.978. The van der Waals surface area contributed by atoms with E-state index in [-0.39, 0.29) is 19.7 Å². The zero-order chi connectivity index (χ0) is 21.5. The molecular weight excluding hydrogens is 370 g/mol. The van der Waals surface area contributed by atoms with Gasteiger partial charge < -0.3 is 19.3 Å². The summed E-state index contributed by atoms with van der Waals surface area (Å²) in [5.74, 6) is -1.28. The number of nitrogens with zero attached hydrogens (tertiary/aromatic N) is 2. The van der Waals surface area contributed by atoms with E-state index in [0.717, 1.165) is 0 Å². The zero-order valence-corrected chi connectivity index (χ0v) is 17.6. The van der Waals surface area contributed by atoms with Gasteiger partial charge in [0.1, 0.15) is 18.1 Å². The number of methoxy groups -OCH3 is 3. The van der Waals surface area contributed by atoms with Gasteiger partial charge in [0.25, 0.3) is 0 Å². The van der Waals surface area contributed by atoms with Crippen molar-refractivity contribution < 1.29 is 33.7 Å². The predicted octanol–water partition coefficient (Wildman–Crippen LogP) is -1.39. The van der Waals surface area contributed by atoms with E-state index in [1.54, 1.807) is 20.8 Å². The fourth-order valence-corrected chi connectivity index (χ4v) is 3.47. The molecule has 1 aliphatic heterocycles. The lowest BCUT2D eigenvalue weighted by molar-refractivity contribution is -0.147. The summed E-state index contributed by atoms with van der Waals surface area (Å²) in [5, 5.41) is 13.4. The molecule has 28 heavy (non-hydrogen) atoms. The average molecular weight is 403 g/mol. The lowest BCUT2D eigenvalue weighted by Gasteiger charge is -2.40. The van der Waals surface area contributed by atoms with E-state index in [0.29, 0.717) is 13.1 Å². The normalized spacial score (nSPS) is 24.5. The molecule has 0 aromatic heterocycles. The van der Waals surface area contributed by atoms with Crippen LogP contribution in [0, 0.1) is 0 Å². The molecule has 10 heteroatoms. The Morgan fingerprint density at radius 2 is 1.29 bits per heavy atom. The van der Waals surface area contributed by atoms with Crippen LogP contribution in [0.3, 0.4) is 0 Å². The van der Waals surface area contributed by atoms with Crippen molar-refractivity contribution in [2.24, 2.45) is 0 Å². The highest BCUT2D eigenvalue weighted by molar-refractivity contribution is 5.76. The fraction of sp³-hybridized carbons (Fsp3) is 0.833. The first kappa shape index (κ1) is 24.3. The highest BCUT2D eigenvalue weighted by atomic mass is 16.5. The lowest BCUT2D eigenvalue weighted by Crippen LogP contribution is -2.65. The van der Waals surface area contributed by atoms with Crippen LogP contribution >= 0.6 is 0 Å². The van der Waals surface area contributed by atoms with E-state index in [2.05, 4.69) is 5.32 Å². The van der Waals surface area contributed by atoms with Crippen LogP contribution in [0.25, 0.3) is 0 Å². The van der Waals surface area contributed by atoms with Gasteiger partial charge in [-0.3, -0.25) is 29.5 Å². The first-order valence-electron chi connectivity index (χ1n) is 9.24. The number of rotatable bonds is 8. The summed E-state index contributed by atoms with van der Waals surface area (Å²) >= 11 is 0. The van der Waals surface area contributed by atoms with Crippen LogP contribution in [0.1, 0.15) is 20.8 Å². The summed E-state index contributed by atoms with van der Waals surface area (Å²) in [6, 6.07) is -1.81. The summed E-state index contributed by atoms with van der Waals surface area (Å²) in [4.78, 5) is 39.8. The van der Waals surface area contributed by atoms with Crippen molar-refractivity contribution >= 4 is 17.9 Å². The Morgan fingerprint density at radius 3 is 1.61 bits per heavy atom. The maximum atomic E-state index is 12.1. The molecule has 0 aromatic carbocycles. The third kappa shape index (κ3) is 5.87. The van der Waals surface area contributed by atoms with Crippen molar-refractivity contribution in [3.63, 3.8) is 0 Å². The molecule has 1 aliphatic rings. The Kier molecular flexibility index (Phi) is 9.28. The highest BCUT2D eigenvalue weighted by Gasteiger charge is 2.42. The molecule has 1 fully saturated rings. The molecular formula is C18H33N3O7. The van der Waals surface area contributed by atoms with Gasteiger partial charge in [-0.1, -0.05) is 0 Å². The molecule has 1 heterocycles. The maximum Gasteiger partial charge on any atom is 0.322 e. The van der Waals surface area contributed by atoms with Crippen molar-refractivity contribution in [3.05, 3.63) is 0 Å². The molecule has 0 aliphatic carbocycles. The maximum absolute atomic E-state index is 12.1. The van der Waals surface area contributed by atoms with Crippen LogP contribution < -0.4 is 5.32 Å². The van der Waals surface area contributed by atoms with Crippen molar-refractivity contribution in [2.45, 2.75) is 44.4 Å². The molecule has 1 rings (SSSR count). The molecule has 3 atom stereocenters. The molecule has 1 saturated heterocycles. The summed E-state index contributed by atoms with van der Waals surface area (Å²) in [6.45, 7) is 6.23. The minimum absolute atomic E-state index is 0.269. The number of carbonyl (C=O) groups excluding carboxylic acids is 3. The quantitative estimate of drug-likeness (QED) is 0.370. The molecule has 2 N–H and O–H groups in total. The van der Waals surface area contributed by atoms with Crippen LogP contribution in [-0.2, 0) is 28.6 Å². The fourth-order valence-electron chi connectivity index (χ4n) is 3.47. The molecule has 0 radical (unpaired) electrons. The first-order chi connectivity index (χ1) is 13.1. The number of nitrogens with one attached hydrogen (secondary N) is 1. The van der Waals surface area contributed by atoms with Gasteiger partial charge in [0.2, 0.25) is 0 Å². The number of ether oxygens (including phenoxy) is 3. The second-order valence-electron chi connectivity index (χ2n) is 7.17. The molecule has 0 spiro atoms. The minimum Gasteiger partial charge on any atom is -0.468 e. The SMILES string of the molecule is COC(=O)C(C)NC1(CO)CN(C(C)C(=O)OC)CCN(C(C)C(=O)OC)C1. The molecule has 0 aromatic rings. The second kappa shape index (κ2) is 10.7. The molecule has 10 nitrogen and oxygen atoms in total. The Morgan fingerprint density at radius 1 is 0.893 bits per heavy atom. The predicted molar refractivity (Wildman–Crippen MR) is 101 cm³/mol. The van der Waals surface area contributed by atoms with Crippen LogP contribution in [0.4, 0.5) is 0 Å². The van der Waals surface area contributed by atoms with Crippen molar-refractivity contribution in [2.75, 3.05) is 54.1 Å². The molecule has 3 unspecified atom stereocenters. The van der Waals surface area contributed by atoms with E-state index in [9.17, 15) is 19.5 Å². The van der Waals surface area contributed by atoms with Gasteiger partial charge in [-0.25, -0.2) is 0 Å². The number of carbonyl (C=O) groups is 3. The third-order valence-electron chi connectivity index (χ3n) is 5.25. The average Bonchev–Trinajstić information content (AvgIpc) is 2.90. The third-order valence-corrected chi connectivity index (χ3v) is 5.25. The second-order valence-corrected chi connectivity index (χ2v) is 7.17. The standard InChI is InChI=1S/C18H33N3O7/c1-12(15(23)26-4)19-18(11-22)9-20(13(2)16(24)27-5)7-8-21(10-18)14(3)17(25)28-6/h12-14,19,22H,7-11H2,1-6H3. The van der Waals surface area contributed by atoms with Crippen LogP contribution in [0.5, 0.6) is 0 Å². The zero-order valence-electron chi connectivity index (χ0n) is 17.6. The Labute approximate surface area is 166 Å². The Balaban J connectivity index is 3.21. The Hall–Kier alpha value is -1.75. The molecule has 0 saturated carbocycles. The smallest absolute Gasteiger partial charge is 0.322 e. The van der Waals surface area contributed by atoms with Gasteiger partial charge in [0, 0.05) is 26.2 Å². The van der Waals surface area contributed by atoms with E-state index in [1.165, 1.54) is 21.3 Å². The van der Waals surface area contributed by atoms with E-state index < -0.39 is 41.6 Å². The van der Waals surface area contributed by atoms with Crippen LogP contribution in [0.15, 0.2) is 0 Å². The van der Waals surface area contributed by atoms with Gasteiger partial charge in [-0.2, -0.15) is 0 Å². The highest BCUT2D eigenvalue weighted by Crippen LogP contribution is 2.20. The summed E-state index contributed by atoms with van der Waals surface area (Å²) in [6.07, 6.45) is 0. The van der Waals surface area contributed by atoms with E-state index >= 15 is 0 Å². The molecule has 162 valence electrons. The number of hydrogen-bond acceptors (Lipinski definition) is 10. The molecule has 0 bridgehead atoms. The Bertz CT molecular complexity index is 525. The van der Waals surface area contributed by atoms with Gasteiger partial charge in [0.15, 0.2) is 0 Å². The topological polar surface area (TPSA) is 118 Å². The number of aliphatic hydroxyl groups is 1. The monoisotopic (exact) mass is 403 g/mol. The summed E-state index contributed by atoms with van der Waals surface area (Å²) in [5.41, 5.74) is -0.978. The van der Waals surface area contributed by atoms with Crippen LogP contribution in [-0.4, -0.2) is 111 Å². The van der Waals surface area contributed by atoms with Gasteiger partial charge in [0.05, 0.1) is 33.5 Å². The largest absolute Gasteiger partial charge is 0.468 e. The van der Waals surface area contributed by atoms with Gasteiger partial charge >= 0.3 is 17.9 Å². The van der Waals surface area contributed by atoms with Crippen molar-refractivity contribution in [1.82, 2.24) is 15.1 Å². The lowest BCUT2D eigenvalue weighted by atomic mass is 9.96. The summed E-state index contributed by atoms with van der Waals surface area (Å²) in [7, 11) is 3.93. The van der Waals surface area contributed by atoms with Gasteiger partial charge in [-0.05, 0) is 20.8 Å². The number of aliphatic hydroxyl groups excluding tert-OH is 1. The first-order valence-corrected chi connectivity index (χ1v) is 9.24. The van der Waals surface area contributed by atoms with Crippen molar-refractivity contribution in [3.8, 4) is 0 Å². The van der Waals surface area contributed by atoms with Crippen LogP contribution in [0.2, 0.25) is 0 Å². The van der Waals surface area contributed by atoms with E-state index in [4.69, 9.17) is 14.2 Å². The van der Waals surface area contributed by atoms with Gasteiger partial charge in [-0.15, -0.1) is 0 Å².